The molecule has 0 amide bonds. The molecule has 0 rings (SSSR count). The first-order chi connectivity index (χ1) is 1.91. The van der Waals surface area contributed by atoms with Gasteiger partial charge in [-0.25, -0.2) is 0 Å². The maximum atomic E-state index is 4.90. The maximum absolute atomic E-state index is 4.90. The van der Waals surface area contributed by atoms with Crippen LogP contribution in [-0.4, -0.2) is 13.1 Å². The number of nitrogens with two attached hydrogens (primary N) is 2. The van der Waals surface area contributed by atoms with Crippen molar-refractivity contribution < 1.29 is 31.0 Å². The van der Waals surface area contributed by atoms with Crippen molar-refractivity contribution in [1.82, 2.24) is 0 Å². The predicted octanol–water partition coefficient (Wildman–Crippen LogP) is -3.56. The van der Waals surface area contributed by atoms with Crippen LogP contribution < -0.4 is 41.0 Å². The van der Waals surface area contributed by atoms with E-state index in [-0.39, 0.29) is 43.4 Å². The Labute approximate surface area is 67.8 Å². The molecule has 0 aliphatic carbocycles. The SMILES string of the molecule is Cl.NCCN.[H-].[Na+]. The van der Waals surface area contributed by atoms with Crippen molar-refractivity contribution in [2.45, 2.75) is 0 Å². The summed E-state index contributed by atoms with van der Waals surface area (Å²) < 4.78 is 0. The van der Waals surface area contributed by atoms with Crippen LogP contribution in [0.3, 0.4) is 0 Å². The van der Waals surface area contributed by atoms with Crippen LogP contribution in [0.1, 0.15) is 1.43 Å². The molecule has 4 heteroatoms. The minimum atomic E-state index is 0. The Morgan fingerprint density at radius 3 is 1.33 bits per heavy atom. The minimum absolute atomic E-state index is 0. The van der Waals surface area contributed by atoms with E-state index >= 15 is 0 Å². The smallest absolute Gasteiger partial charge is 1.00 e. The zero-order valence-electron chi connectivity index (χ0n) is 4.98. The second-order valence-corrected chi connectivity index (χ2v) is 0.577. The molecule has 0 aliphatic heterocycles. The first-order valence-electron chi connectivity index (χ1n) is 1.32. The predicted molar refractivity (Wildman–Crippen MR) is 26.5 cm³/mol. The topological polar surface area (TPSA) is 52.0 Å². The van der Waals surface area contributed by atoms with Gasteiger partial charge < -0.3 is 12.9 Å². The van der Waals surface area contributed by atoms with Crippen molar-refractivity contribution in [1.29, 1.82) is 0 Å². The van der Waals surface area contributed by atoms with Crippen molar-refractivity contribution in [2.75, 3.05) is 13.1 Å². The van der Waals surface area contributed by atoms with Gasteiger partial charge in [0, 0.05) is 13.1 Å². The molecule has 0 saturated heterocycles. The van der Waals surface area contributed by atoms with Gasteiger partial charge in [-0.05, 0) is 0 Å². The van der Waals surface area contributed by atoms with Crippen LogP contribution in [0.4, 0.5) is 0 Å². The first kappa shape index (κ1) is 15.7. The third-order valence-electron chi connectivity index (χ3n) is 0.167. The van der Waals surface area contributed by atoms with Crippen molar-refractivity contribution in [2.24, 2.45) is 11.5 Å². The number of hydrogen-bond acceptors (Lipinski definition) is 2. The van der Waals surface area contributed by atoms with E-state index in [1.54, 1.807) is 0 Å². The second-order valence-electron chi connectivity index (χ2n) is 0.577. The Morgan fingerprint density at radius 1 is 1.17 bits per heavy atom. The van der Waals surface area contributed by atoms with Gasteiger partial charge in [-0.2, -0.15) is 0 Å². The summed E-state index contributed by atoms with van der Waals surface area (Å²) in [6.45, 7) is 1.19. The van der Waals surface area contributed by atoms with Crippen LogP contribution in [0, 0.1) is 0 Å². The van der Waals surface area contributed by atoms with Gasteiger partial charge in [0.2, 0.25) is 0 Å². The van der Waals surface area contributed by atoms with Gasteiger partial charge in [-0.15, -0.1) is 12.4 Å². The molecule has 6 heavy (non-hydrogen) atoms. The third kappa shape index (κ3) is 18.9. The van der Waals surface area contributed by atoms with Crippen LogP contribution in [-0.2, 0) is 0 Å². The van der Waals surface area contributed by atoms with Crippen molar-refractivity contribution in [3.8, 4) is 0 Å². The quantitative estimate of drug-likeness (QED) is 0.352. The Bertz CT molecular complexity index is 17.7. The van der Waals surface area contributed by atoms with Crippen LogP contribution in [0.15, 0.2) is 0 Å². The van der Waals surface area contributed by atoms with Crippen molar-refractivity contribution in [3.63, 3.8) is 0 Å². The fourth-order valence-corrected chi connectivity index (χ4v) is 0. The van der Waals surface area contributed by atoms with E-state index in [2.05, 4.69) is 0 Å². The zero-order chi connectivity index (χ0) is 3.41. The van der Waals surface area contributed by atoms with Crippen LogP contribution in [0.25, 0.3) is 0 Å². The summed E-state index contributed by atoms with van der Waals surface area (Å²) in [6.07, 6.45) is 0. The first-order valence-corrected chi connectivity index (χ1v) is 1.32. The summed E-state index contributed by atoms with van der Waals surface area (Å²) in [4.78, 5) is 0. The molecule has 0 aromatic carbocycles. The Kier molecular flexibility index (Phi) is 42.8. The zero-order valence-corrected chi connectivity index (χ0v) is 6.79. The summed E-state index contributed by atoms with van der Waals surface area (Å²) in [5, 5.41) is 0. The molecular formula is C2H10ClN2Na. The minimum Gasteiger partial charge on any atom is -1.00 e. The van der Waals surface area contributed by atoms with Gasteiger partial charge in [-0.1, -0.05) is 0 Å². The average molecular weight is 121 g/mol. The van der Waals surface area contributed by atoms with E-state index in [1.165, 1.54) is 0 Å². The van der Waals surface area contributed by atoms with Crippen molar-refractivity contribution >= 4 is 12.4 Å². The van der Waals surface area contributed by atoms with Crippen LogP contribution in [0.5, 0.6) is 0 Å². The van der Waals surface area contributed by atoms with Crippen LogP contribution in [0.2, 0.25) is 0 Å². The third-order valence-corrected chi connectivity index (χ3v) is 0.167. The van der Waals surface area contributed by atoms with Crippen LogP contribution >= 0.6 is 12.4 Å². The summed E-state index contributed by atoms with van der Waals surface area (Å²) in [7, 11) is 0. The Hall–Kier alpha value is 1.21. The maximum Gasteiger partial charge on any atom is 1.00 e. The molecule has 0 saturated carbocycles. The summed E-state index contributed by atoms with van der Waals surface area (Å²) in [5.74, 6) is 0. The van der Waals surface area contributed by atoms with Gasteiger partial charge in [0.25, 0.3) is 0 Å². The molecule has 0 atom stereocenters. The molecular weight excluding hydrogens is 110 g/mol. The molecule has 0 aromatic heterocycles. The van der Waals surface area contributed by atoms with E-state index in [0.29, 0.717) is 13.1 Å². The molecule has 0 aliphatic rings. The molecule has 0 aromatic rings. The summed E-state index contributed by atoms with van der Waals surface area (Å²) >= 11 is 0. The second kappa shape index (κ2) is 16.4. The summed E-state index contributed by atoms with van der Waals surface area (Å²) in [5.41, 5.74) is 9.81. The molecule has 0 bridgehead atoms. The van der Waals surface area contributed by atoms with E-state index in [4.69, 9.17) is 11.5 Å². The molecule has 2 nitrogen and oxygen atoms in total. The fraction of sp³-hybridized carbons (Fsp3) is 1.00. The van der Waals surface area contributed by atoms with Gasteiger partial charge in [-0.3, -0.25) is 0 Å². The van der Waals surface area contributed by atoms with Gasteiger partial charge in [0.15, 0.2) is 0 Å². The normalized spacial score (nSPS) is 5.00. The van der Waals surface area contributed by atoms with Crippen molar-refractivity contribution in [3.05, 3.63) is 0 Å². The number of rotatable bonds is 1. The molecule has 0 heterocycles. The molecule has 4 N–H and O–H groups in total. The molecule has 36 valence electrons. The fourth-order valence-electron chi connectivity index (χ4n) is 0. The Morgan fingerprint density at radius 2 is 1.33 bits per heavy atom. The van der Waals surface area contributed by atoms with E-state index < -0.39 is 0 Å². The number of hydrogen-bond donors (Lipinski definition) is 2. The van der Waals surface area contributed by atoms with E-state index in [9.17, 15) is 0 Å². The van der Waals surface area contributed by atoms with Gasteiger partial charge in [0.1, 0.15) is 0 Å². The molecule has 0 spiro atoms. The van der Waals surface area contributed by atoms with E-state index in [0.717, 1.165) is 0 Å². The monoisotopic (exact) mass is 120 g/mol. The molecule has 0 radical (unpaired) electrons. The summed E-state index contributed by atoms with van der Waals surface area (Å²) in [6, 6.07) is 0. The average Bonchev–Trinajstić information content (AvgIpc) is 1.37. The molecule has 0 fully saturated rings. The molecule has 0 unspecified atom stereocenters. The number of halogens is 1. The standard InChI is InChI=1S/C2H8N2.ClH.Na.H/c3-1-2-4;;;/h1-4H2;1H;;/q;;+1;-1. The van der Waals surface area contributed by atoms with E-state index in [1.807, 2.05) is 0 Å². The largest absolute Gasteiger partial charge is 1.00 e. The van der Waals surface area contributed by atoms with Gasteiger partial charge in [0.05, 0.1) is 0 Å². The van der Waals surface area contributed by atoms with Gasteiger partial charge >= 0.3 is 29.6 Å². The Balaban J connectivity index is -0.0000000150.